The minimum atomic E-state index is -2.92. The van der Waals surface area contributed by atoms with E-state index in [1.54, 1.807) is 33.6 Å². The number of nitrogens with two attached hydrogens (primary N) is 1. The second kappa shape index (κ2) is 15.3. The van der Waals surface area contributed by atoms with E-state index in [0.29, 0.717) is 17.7 Å². The summed E-state index contributed by atoms with van der Waals surface area (Å²) in [6.07, 6.45) is 12.5. The number of imidazole rings is 2. The van der Waals surface area contributed by atoms with Crippen LogP contribution in [0.4, 0.5) is 20.4 Å². The molecule has 4 heterocycles. The maximum Gasteiger partial charge on any atom is 0.154 e. The van der Waals surface area contributed by atoms with Crippen molar-refractivity contribution < 1.29 is 17.2 Å². The van der Waals surface area contributed by atoms with Crippen LogP contribution in [0.15, 0.2) is 85.2 Å². The van der Waals surface area contributed by atoms with Crippen molar-refractivity contribution in [3.05, 3.63) is 96.8 Å². The first-order valence-electron chi connectivity index (χ1n) is 17.7. The summed E-state index contributed by atoms with van der Waals surface area (Å²) in [4.78, 5) is 8.71. The molecule has 2 aromatic carbocycles. The number of halogens is 2. The van der Waals surface area contributed by atoms with Crippen LogP contribution >= 0.6 is 0 Å². The number of fused-ring (bicyclic) bond motifs is 2. The van der Waals surface area contributed by atoms with Gasteiger partial charge in [-0.2, -0.15) is 0 Å². The molecular weight excluding hydrogens is 685 g/mol. The van der Waals surface area contributed by atoms with Gasteiger partial charge in [0.2, 0.25) is 0 Å². The molecule has 272 valence electrons. The molecule has 2 fully saturated rings. The Kier molecular flexibility index (Phi) is 10.5. The van der Waals surface area contributed by atoms with Crippen molar-refractivity contribution in [2.24, 2.45) is 11.7 Å². The van der Waals surface area contributed by atoms with E-state index in [4.69, 9.17) is 5.73 Å². The Morgan fingerprint density at radius 3 is 1.60 bits per heavy atom. The van der Waals surface area contributed by atoms with E-state index in [1.165, 1.54) is 30.5 Å². The van der Waals surface area contributed by atoms with E-state index in [9.17, 15) is 17.2 Å². The zero-order valence-corrected chi connectivity index (χ0v) is 29.8. The van der Waals surface area contributed by atoms with Gasteiger partial charge in [-0.15, -0.1) is 10.2 Å². The zero-order chi connectivity index (χ0) is 36.2. The van der Waals surface area contributed by atoms with Crippen molar-refractivity contribution in [1.29, 1.82) is 0 Å². The number of nitrogens with one attached hydrogen (secondary N) is 2. The van der Waals surface area contributed by atoms with Crippen LogP contribution in [0.5, 0.6) is 0 Å². The summed E-state index contributed by atoms with van der Waals surface area (Å²) in [6.45, 7) is 0. The lowest BCUT2D eigenvalue weighted by Gasteiger charge is -2.29. The minimum absolute atomic E-state index is 0.247. The summed E-state index contributed by atoms with van der Waals surface area (Å²) >= 11 is 0. The van der Waals surface area contributed by atoms with Crippen LogP contribution in [-0.4, -0.2) is 67.7 Å². The Hall–Kier alpha value is -4.95. The average Bonchev–Trinajstić information content (AvgIpc) is 3.74. The predicted molar refractivity (Wildman–Crippen MR) is 200 cm³/mol. The van der Waals surface area contributed by atoms with E-state index in [1.807, 2.05) is 36.4 Å². The Balaban J connectivity index is 0.000000164. The van der Waals surface area contributed by atoms with Crippen molar-refractivity contribution in [2.75, 3.05) is 22.6 Å². The Bertz CT molecular complexity index is 2260. The lowest BCUT2D eigenvalue weighted by molar-refractivity contribution is 0.361. The smallest absolute Gasteiger partial charge is 0.154 e. The number of rotatable bonds is 8. The van der Waals surface area contributed by atoms with Crippen LogP contribution in [0, 0.1) is 17.6 Å². The summed E-state index contributed by atoms with van der Waals surface area (Å²) in [7, 11) is -2.92. The molecule has 0 aliphatic heterocycles. The molecule has 2 saturated carbocycles. The molecule has 0 unspecified atom stereocenters. The van der Waals surface area contributed by atoms with Crippen molar-refractivity contribution >= 4 is 32.8 Å². The molecule has 0 spiro atoms. The van der Waals surface area contributed by atoms with Gasteiger partial charge in [0.05, 0.1) is 29.5 Å². The second-order valence-corrected chi connectivity index (χ2v) is 16.2. The van der Waals surface area contributed by atoms with Gasteiger partial charge in [0.25, 0.3) is 0 Å². The van der Waals surface area contributed by atoms with Gasteiger partial charge in [-0.3, -0.25) is 0 Å². The SMILES string of the molecule is CS(=O)(=O)CC1CCC(Nc2ccc3ncc(-c4cccc(F)c4)n3n2)CC1.NC1CCC(Nc2ccc3ncc(-c4cccc(F)c4)n3n2)CC1. The molecule has 2 aliphatic carbocycles. The van der Waals surface area contributed by atoms with E-state index >= 15 is 0 Å². The highest BCUT2D eigenvalue weighted by Crippen LogP contribution is 2.28. The Morgan fingerprint density at radius 2 is 1.15 bits per heavy atom. The second-order valence-electron chi connectivity index (χ2n) is 14.0. The zero-order valence-electron chi connectivity index (χ0n) is 29.0. The summed E-state index contributed by atoms with van der Waals surface area (Å²) in [5, 5.41) is 16.2. The molecule has 2 aliphatic rings. The Labute approximate surface area is 301 Å². The van der Waals surface area contributed by atoms with Crippen molar-refractivity contribution in [2.45, 2.75) is 69.5 Å². The molecule has 0 saturated heterocycles. The summed E-state index contributed by atoms with van der Waals surface area (Å²) in [5.41, 5.74) is 10.4. The number of anilines is 2. The van der Waals surface area contributed by atoms with E-state index in [-0.39, 0.29) is 29.3 Å². The third kappa shape index (κ3) is 8.73. The molecule has 6 aromatic rings. The standard InChI is InChI=1S/C20H23FN4O2S.C18H20FN5/c1-28(26,27)13-14-5-7-17(8-6-14)23-19-9-10-20-22-12-18(25(20)24-19)15-3-2-4-16(21)11-15;19-13-3-1-2-12(10-13)16-11-21-18-9-8-17(23-24(16)18)22-15-6-4-14(20)5-7-15/h2-4,9-12,14,17H,5-8,13H2,1H3,(H,23,24);1-3,8-11,14-15H,4-7,20H2,(H,22,23). The lowest BCUT2D eigenvalue weighted by Crippen LogP contribution is -2.33. The van der Waals surface area contributed by atoms with Gasteiger partial charge in [-0.1, -0.05) is 24.3 Å². The summed E-state index contributed by atoms with van der Waals surface area (Å²) in [6, 6.07) is 21.5. The molecule has 8 rings (SSSR count). The minimum Gasteiger partial charge on any atom is -0.366 e. The maximum atomic E-state index is 13.6. The Morgan fingerprint density at radius 1 is 0.692 bits per heavy atom. The largest absolute Gasteiger partial charge is 0.366 e. The highest BCUT2D eigenvalue weighted by Gasteiger charge is 2.24. The first-order valence-corrected chi connectivity index (χ1v) is 19.8. The van der Waals surface area contributed by atoms with Crippen molar-refractivity contribution in [1.82, 2.24) is 29.2 Å². The maximum absolute atomic E-state index is 13.6. The van der Waals surface area contributed by atoms with Gasteiger partial charge < -0.3 is 16.4 Å². The molecule has 0 amide bonds. The lowest BCUT2D eigenvalue weighted by atomic mass is 9.87. The number of hydrogen-bond acceptors (Lipinski definition) is 9. The first kappa shape index (κ1) is 35.5. The predicted octanol–water partition coefficient (Wildman–Crippen LogP) is 6.77. The fourth-order valence-electron chi connectivity index (χ4n) is 7.17. The highest BCUT2D eigenvalue weighted by molar-refractivity contribution is 7.90. The fourth-order valence-corrected chi connectivity index (χ4v) is 8.36. The first-order chi connectivity index (χ1) is 25.1. The quantitative estimate of drug-likeness (QED) is 0.155. The molecule has 14 heteroatoms. The van der Waals surface area contributed by atoms with Gasteiger partial charge >= 0.3 is 0 Å². The molecule has 0 bridgehead atoms. The van der Waals surface area contributed by atoms with Crippen LogP contribution in [0.25, 0.3) is 33.8 Å². The monoisotopic (exact) mass is 727 g/mol. The molecule has 4 aromatic heterocycles. The van der Waals surface area contributed by atoms with Crippen molar-refractivity contribution in [3.8, 4) is 22.5 Å². The van der Waals surface area contributed by atoms with Gasteiger partial charge in [-0.05, 0) is 106 Å². The fraction of sp³-hybridized carbons (Fsp3) is 0.368. The number of benzene rings is 2. The third-order valence-corrected chi connectivity index (χ3v) is 10.9. The van der Waals surface area contributed by atoms with Gasteiger partial charge in [0.15, 0.2) is 11.3 Å². The third-order valence-electron chi connectivity index (χ3n) is 9.83. The number of aromatic nitrogens is 6. The molecular formula is C38H43F2N9O2S. The van der Waals surface area contributed by atoms with E-state index in [0.717, 1.165) is 91.2 Å². The van der Waals surface area contributed by atoms with Crippen molar-refractivity contribution in [3.63, 3.8) is 0 Å². The number of nitrogens with zero attached hydrogens (tertiary/aromatic N) is 6. The number of hydrogen-bond donors (Lipinski definition) is 3. The van der Waals surface area contributed by atoms with Gasteiger partial charge in [-0.25, -0.2) is 36.2 Å². The highest BCUT2D eigenvalue weighted by atomic mass is 32.2. The van der Waals surface area contributed by atoms with Crippen LogP contribution in [-0.2, 0) is 9.84 Å². The van der Waals surface area contributed by atoms with E-state index < -0.39 is 9.84 Å². The van der Waals surface area contributed by atoms with Crippen LogP contribution < -0.4 is 16.4 Å². The summed E-state index contributed by atoms with van der Waals surface area (Å²) < 4.78 is 53.5. The summed E-state index contributed by atoms with van der Waals surface area (Å²) in [5.74, 6) is 1.49. The number of sulfone groups is 1. The van der Waals surface area contributed by atoms with Crippen LogP contribution in [0.2, 0.25) is 0 Å². The average molecular weight is 728 g/mol. The molecule has 0 atom stereocenters. The van der Waals surface area contributed by atoms with E-state index in [2.05, 4.69) is 30.8 Å². The van der Waals surface area contributed by atoms with Gasteiger partial charge in [0, 0.05) is 35.5 Å². The molecule has 52 heavy (non-hydrogen) atoms. The van der Waals surface area contributed by atoms with Crippen LogP contribution in [0.1, 0.15) is 51.4 Å². The molecule has 11 nitrogen and oxygen atoms in total. The molecule has 4 N–H and O–H groups in total. The molecule has 0 radical (unpaired) electrons. The normalized spacial score (nSPS) is 20.7. The van der Waals surface area contributed by atoms with Crippen LogP contribution in [0.3, 0.4) is 0 Å². The van der Waals surface area contributed by atoms with Gasteiger partial charge in [0.1, 0.15) is 33.1 Å². The topological polar surface area (TPSA) is 145 Å².